The third-order valence-electron chi connectivity index (χ3n) is 4.01. The van der Waals surface area contributed by atoms with Gasteiger partial charge in [-0.15, -0.1) is 0 Å². The molecule has 1 N–H and O–H groups in total. The molecule has 1 aromatic carbocycles. The Morgan fingerprint density at radius 3 is 2.19 bits per heavy atom. The molecule has 2 heterocycles. The Hall–Kier alpha value is -3.00. The molecular formula is C18H18N4O3S. The van der Waals surface area contributed by atoms with Crippen LogP contribution in [0.4, 0.5) is 0 Å². The molecule has 0 unspecified atom stereocenters. The van der Waals surface area contributed by atoms with Crippen molar-refractivity contribution >= 4 is 15.7 Å². The van der Waals surface area contributed by atoms with Gasteiger partial charge in [-0.05, 0) is 29.8 Å². The molecule has 0 spiro atoms. The van der Waals surface area contributed by atoms with Crippen molar-refractivity contribution in [2.75, 3.05) is 13.3 Å². The lowest BCUT2D eigenvalue weighted by Gasteiger charge is -2.07. The van der Waals surface area contributed by atoms with Crippen molar-refractivity contribution in [3.05, 3.63) is 54.5 Å². The molecule has 26 heavy (non-hydrogen) atoms. The monoisotopic (exact) mass is 370 g/mol. The summed E-state index contributed by atoms with van der Waals surface area (Å²) in [5.41, 5.74) is 3.20. The lowest BCUT2D eigenvalue weighted by Crippen LogP contribution is -2.21. The van der Waals surface area contributed by atoms with Crippen molar-refractivity contribution in [3.8, 4) is 22.4 Å². The van der Waals surface area contributed by atoms with E-state index < -0.39 is 9.84 Å². The maximum atomic E-state index is 12.4. The maximum Gasteiger partial charge on any atom is 0.269 e. The molecule has 0 bridgehead atoms. The number of rotatable bonds is 4. The normalized spacial score (nSPS) is 11.3. The van der Waals surface area contributed by atoms with Gasteiger partial charge in [-0.3, -0.25) is 14.5 Å². The Morgan fingerprint density at radius 2 is 1.65 bits per heavy atom. The molecule has 0 aliphatic rings. The molecule has 1 amide bonds. The van der Waals surface area contributed by atoms with Crippen LogP contribution in [0.5, 0.6) is 0 Å². The van der Waals surface area contributed by atoms with Crippen molar-refractivity contribution in [1.29, 1.82) is 0 Å². The number of aryl methyl sites for hydroxylation is 1. The van der Waals surface area contributed by atoms with Gasteiger partial charge >= 0.3 is 0 Å². The average molecular weight is 370 g/mol. The molecule has 8 heteroatoms. The number of benzene rings is 1. The van der Waals surface area contributed by atoms with E-state index in [1.807, 2.05) is 0 Å². The molecule has 0 atom stereocenters. The van der Waals surface area contributed by atoms with Crippen molar-refractivity contribution < 1.29 is 13.2 Å². The summed E-state index contributed by atoms with van der Waals surface area (Å²) in [5, 5.41) is 7.14. The van der Waals surface area contributed by atoms with E-state index in [-0.39, 0.29) is 10.8 Å². The van der Waals surface area contributed by atoms with Crippen molar-refractivity contribution in [1.82, 2.24) is 20.1 Å². The van der Waals surface area contributed by atoms with Crippen molar-refractivity contribution in [2.45, 2.75) is 4.90 Å². The van der Waals surface area contributed by atoms with Crippen LogP contribution in [0.15, 0.2) is 53.7 Å². The standard InChI is InChI=1S/C18H18N4O3S/c1-19-18(23)17-15(12-8-10-20-11-9-12)16(21-22(17)2)13-4-6-14(7-5-13)26(3,24)25/h4-11H,1-3H3,(H,19,23). The van der Waals surface area contributed by atoms with E-state index in [0.717, 1.165) is 17.4 Å². The number of pyridine rings is 1. The van der Waals surface area contributed by atoms with Crippen LogP contribution in [-0.4, -0.2) is 42.4 Å². The highest BCUT2D eigenvalue weighted by Gasteiger charge is 2.23. The van der Waals surface area contributed by atoms with Gasteiger partial charge in [0.15, 0.2) is 9.84 Å². The molecule has 0 fully saturated rings. The fraction of sp³-hybridized carbons (Fsp3) is 0.167. The van der Waals surface area contributed by atoms with Gasteiger partial charge in [-0.2, -0.15) is 5.10 Å². The third kappa shape index (κ3) is 3.23. The van der Waals surface area contributed by atoms with Gasteiger partial charge in [-0.25, -0.2) is 8.42 Å². The largest absolute Gasteiger partial charge is 0.354 e. The second-order valence-electron chi connectivity index (χ2n) is 5.81. The Balaban J connectivity index is 2.24. The van der Waals surface area contributed by atoms with E-state index in [9.17, 15) is 13.2 Å². The number of hydrogen-bond acceptors (Lipinski definition) is 5. The molecule has 0 saturated carbocycles. The molecule has 3 rings (SSSR count). The minimum Gasteiger partial charge on any atom is -0.354 e. The van der Waals surface area contributed by atoms with Crippen LogP contribution in [0, 0.1) is 0 Å². The average Bonchev–Trinajstić information content (AvgIpc) is 2.98. The quantitative estimate of drug-likeness (QED) is 0.757. The lowest BCUT2D eigenvalue weighted by atomic mass is 9.99. The van der Waals surface area contributed by atoms with Gasteiger partial charge in [0, 0.05) is 43.9 Å². The zero-order valence-corrected chi connectivity index (χ0v) is 15.4. The molecular weight excluding hydrogens is 352 g/mol. The van der Waals surface area contributed by atoms with Gasteiger partial charge in [-0.1, -0.05) is 12.1 Å². The number of hydrogen-bond donors (Lipinski definition) is 1. The summed E-state index contributed by atoms with van der Waals surface area (Å²) >= 11 is 0. The van der Waals surface area contributed by atoms with E-state index in [1.54, 1.807) is 50.8 Å². The molecule has 0 aliphatic heterocycles. The molecule has 3 aromatic rings. The predicted octanol–water partition coefficient (Wildman–Crippen LogP) is 1.91. The molecule has 0 saturated heterocycles. The smallest absolute Gasteiger partial charge is 0.269 e. The SMILES string of the molecule is CNC(=O)c1c(-c2ccncc2)c(-c2ccc(S(C)(=O)=O)cc2)nn1C. The van der Waals surface area contributed by atoms with Crippen LogP contribution in [0.3, 0.4) is 0 Å². The number of sulfone groups is 1. The zero-order valence-electron chi connectivity index (χ0n) is 14.6. The summed E-state index contributed by atoms with van der Waals surface area (Å²) in [6.07, 6.45) is 4.45. The second-order valence-corrected chi connectivity index (χ2v) is 7.82. The molecule has 0 aliphatic carbocycles. The summed E-state index contributed by atoms with van der Waals surface area (Å²) < 4.78 is 24.9. The van der Waals surface area contributed by atoms with Gasteiger partial charge in [0.2, 0.25) is 0 Å². The van der Waals surface area contributed by atoms with Gasteiger partial charge in [0.05, 0.1) is 4.90 Å². The third-order valence-corrected chi connectivity index (χ3v) is 5.14. The highest BCUT2D eigenvalue weighted by molar-refractivity contribution is 7.90. The van der Waals surface area contributed by atoms with Crippen molar-refractivity contribution in [2.24, 2.45) is 7.05 Å². The van der Waals surface area contributed by atoms with Gasteiger partial charge in [0.25, 0.3) is 5.91 Å². The minimum absolute atomic E-state index is 0.231. The first-order chi connectivity index (χ1) is 12.3. The highest BCUT2D eigenvalue weighted by atomic mass is 32.2. The Morgan fingerprint density at radius 1 is 1.04 bits per heavy atom. The summed E-state index contributed by atoms with van der Waals surface area (Å²) in [6, 6.07) is 10.1. The van der Waals surface area contributed by atoms with Gasteiger partial charge in [0.1, 0.15) is 11.4 Å². The molecule has 7 nitrogen and oxygen atoms in total. The van der Waals surface area contributed by atoms with Crippen LogP contribution in [0.2, 0.25) is 0 Å². The molecule has 2 aromatic heterocycles. The topological polar surface area (TPSA) is 93.9 Å². The lowest BCUT2D eigenvalue weighted by molar-refractivity contribution is 0.0954. The number of aromatic nitrogens is 3. The highest BCUT2D eigenvalue weighted by Crippen LogP contribution is 2.34. The summed E-state index contributed by atoms with van der Waals surface area (Å²) in [7, 11) is -0.0226. The number of amides is 1. The fourth-order valence-corrected chi connectivity index (χ4v) is 3.39. The Bertz CT molecular complexity index is 1060. The maximum absolute atomic E-state index is 12.4. The van der Waals surface area contributed by atoms with E-state index in [2.05, 4.69) is 15.4 Å². The van der Waals surface area contributed by atoms with Crippen LogP contribution in [-0.2, 0) is 16.9 Å². The van der Waals surface area contributed by atoms with E-state index in [0.29, 0.717) is 17.0 Å². The fourth-order valence-electron chi connectivity index (χ4n) is 2.76. The van der Waals surface area contributed by atoms with E-state index in [1.165, 1.54) is 16.8 Å². The van der Waals surface area contributed by atoms with Crippen LogP contribution in [0.25, 0.3) is 22.4 Å². The summed E-state index contributed by atoms with van der Waals surface area (Å²) in [4.78, 5) is 16.6. The summed E-state index contributed by atoms with van der Waals surface area (Å²) in [6.45, 7) is 0. The first-order valence-corrected chi connectivity index (χ1v) is 9.72. The van der Waals surface area contributed by atoms with Gasteiger partial charge < -0.3 is 5.32 Å². The summed E-state index contributed by atoms with van der Waals surface area (Å²) in [5.74, 6) is -0.259. The second kappa shape index (κ2) is 6.72. The first-order valence-electron chi connectivity index (χ1n) is 7.83. The van der Waals surface area contributed by atoms with Crippen molar-refractivity contribution in [3.63, 3.8) is 0 Å². The Labute approximate surface area is 151 Å². The number of nitrogens with zero attached hydrogens (tertiary/aromatic N) is 3. The predicted molar refractivity (Wildman–Crippen MR) is 98.4 cm³/mol. The Kier molecular flexibility index (Phi) is 4.60. The van der Waals surface area contributed by atoms with Crippen LogP contribution < -0.4 is 5.32 Å². The molecule has 134 valence electrons. The minimum atomic E-state index is -3.28. The zero-order chi connectivity index (χ0) is 18.9. The van der Waals surface area contributed by atoms with E-state index in [4.69, 9.17) is 0 Å². The number of carbonyl (C=O) groups excluding carboxylic acids is 1. The number of carbonyl (C=O) groups is 1. The van der Waals surface area contributed by atoms with E-state index >= 15 is 0 Å². The van der Waals surface area contributed by atoms with Crippen LogP contribution >= 0.6 is 0 Å². The molecule has 0 radical (unpaired) electrons. The first kappa shape index (κ1) is 17.8. The number of nitrogens with one attached hydrogen (secondary N) is 1. The van der Waals surface area contributed by atoms with Crippen LogP contribution in [0.1, 0.15) is 10.5 Å².